The molecule has 4 heteroatoms. The number of benzene rings is 1. The van der Waals surface area contributed by atoms with Gasteiger partial charge in [0.25, 0.3) is 0 Å². The molecule has 1 heterocycles. The topological polar surface area (TPSA) is 57.6 Å². The Bertz CT molecular complexity index is 439. The second kappa shape index (κ2) is 4.18. The Morgan fingerprint density at radius 2 is 2.00 bits per heavy atom. The van der Waals surface area contributed by atoms with Gasteiger partial charge in [0, 0.05) is 12.6 Å². The maximum atomic E-state index is 11.5. The Morgan fingerprint density at radius 3 is 2.62 bits per heavy atom. The van der Waals surface area contributed by atoms with E-state index in [0.717, 1.165) is 5.56 Å². The standard InChI is InChI=1S/C12H11NO3/c14-11-7-6-10(12(15)16)13(11)8-9-4-2-1-3-5-9/h1-7,10H,8H2,(H,15,16)/t10-/m0/s1. The summed E-state index contributed by atoms with van der Waals surface area (Å²) < 4.78 is 0. The Morgan fingerprint density at radius 1 is 1.31 bits per heavy atom. The highest BCUT2D eigenvalue weighted by Crippen LogP contribution is 2.15. The number of rotatable bonds is 3. The molecule has 0 saturated heterocycles. The molecule has 1 aliphatic rings. The molecule has 1 aliphatic heterocycles. The van der Waals surface area contributed by atoms with E-state index in [1.54, 1.807) is 0 Å². The van der Waals surface area contributed by atoms with Crippen molar-refractivity contribution in [2.45, 2.75) is 12.6 Å². The van der Waals surface area contributed by atoms with Crippen LogP contribution in [0.4, 0.5) is 0 Å². The lowest BCUT2D eigenvalue weighted by molar-refractivity contribution is -0.145. The molecule has 16 heavy (non-hydrogen) atoms. The van der Waals surface area contributed by atoms with Gasteiger partial charge in [-0.3, -0.25) is 4.79 Å². The second-order valence-electron chi connectivity index (χ2n) is 3.59. The van der Waals surface area contributed by atoms with Crippen LogP contribution in [0.15, 0.2) is 42.5 Å². The Kier molecular flexibility index (Phi) is 2.72. The van der Waals surface area contributed by atoms with Crippen LogP contribution < -0.4 is 0 Å². The summed E-state index contributed by atoms with van der Waals surface area (Å²) in [6, 6.07) is 8.49. The molecule has 0 aromatic heterocycles. The minimum atomic E-state index is -1.00. The van der Waals surface area contributed by atoms with E-state index in [4.69, 9.17) is 5.11 Å². The Hall–Kier alpha value is -2.10. The van der Waals surface area contributed by atoms with Crippen molar-refractivity contribution in [3.8, 4) is 0 Å². The van der Waals surface area contributed by atoms with E-state index in [0.29, 0.717) is 6.54 Å². The van der Waals surface area contributed by atoms with Gasteiger partial charge in [-0.25, -0.2) is 4.79 Å². The largest absolute Gasteiger partial charge is 0.479 e. The van der Waals surface area contributed by atoms with Gasteiger partial charge in [-0.2, -0.15) is 0 Å². The van der Waals surface area contributed by atoms with Crippen LogP contribution in [-0.2, 0) is 16.1 Å². The molecule has 0 saturated carbocycles. The van der Waals surface area contributed by atoms with Crippen LogP contribution in [0.3, 0.4) is 0 Å². The summed E-state index contributed by atoms with van der Waals surface area (Å²) in [5.74, 6) is -1.26. The van der Waals surface area contributed by atoms with Crippen molar-refractivity contribution in [3.05, 3.63) is 48.0 Å². The molecule has 0 bridgehead atoms. The molecule has 0 fully saturated rings. The zero-order valence-electron chi connectivity index (χ0n) is 8.54. The van der Waals surface area contributed by atoms with E-state index >= 15 is 0 Å². The highest BCUT2D eigenvalue weighted by Gasteiger charge is 2.30. The Labute approximate surface area is 92.8 Å². The third-order valence-electron chi connectivity index (χ3n) is 2.49. The molecule has 1 atom stereocenters. The van der Waals surface area contributed by atoms with Gasteiger partial charge in [-0.05, 0) is 11.6 Å². The molecule has 82 valence electrons. The van der Waals surface area contributed by atoms with Gasteiger partial charge in [0.15, 0.2) is 0 Å². The number of carbonyl (C=O) groups is 2. The Balaban J connectivity index is 2.15. The van der Waals surface area contributed by atoms with Crippen LogP contribution in [0.5, 0.6) is 0 Å². The molecule has 0 radical (unpaired) electrons. The molecule has 4 nitrogen and oxygen atoms in total. The molecule has 1 amide bonds. The third kappa shape index (κ3) is 1.95. The van der Waals surface area contributed by atoms with E-state index < -0.39 is 12.0 Å². The average Bonchev–Trinajstić information content (AvgIpc) is 2.62. The van der Waals surface area contributed by atoms with Crippen LogP contribution >= 0.6 is 0 Å². The van der Waals surface area contributed by atoms with Crippen molar-refractivity contribution in [3.63, 3.8) is 0 Å². The smallest absolute Gasteiger partial charge is 0.330 e. The molecule has 1 aromatic carbocycles. The van der Waals surface area contributed by atoms with Gasteiger partial charge < -0.3 is 10.0 Å². The summed E-state index contributed by atoms with van der Waals surface area (Å²) in [5, 5.41) is 8.93. The molecule has 0 spiro atoms. The fourth-order valence-corrected chi connectivity index (χ4v) is 1.68. The fourth-order valence-electron chi connectivity index (χ4n) is 1.68. The first-order chi connectivity index (χ1) is 7.68. The average molecular weight is 217 g/mol. The highest BCUT2D eigenvalue weighted by molar-refractivity contribution is 5.96. The van der Waals surface area contributed by atoms with E-state index in [9.17, 15) is 9.59 Å². The van der Waals surface area contributed by atoms with Crippen molar-refractivity contribution in [2.24, 2.45) is 0 Å². The molecular formula is C12H11NO3. The summed E-state index contributed by atoms with van der Waals surface area (Å²) in [6.45, 7) is 0.323. The van der Waals surface area contributed by atoms with Crippen LogP contribution in [0.1, 0.15) is 5.56 Å². The van der Waals surface area contributed by atoms with E-state index in [-0.39, 0.29) is 5.91 Å². The number of amides is 1. The highest BCUT2D eigenvalue weighted by atomic mass is 16.4. The number of hydrogen-bond acceptors (Lipinski definition) is 2. The lowest BCUT2D eigenvalue weighted by Gasteiger charge is -2.21. The second-order valence-corrected chi connectivity index (χ2v) is 3.59. The first-order valence-corrected chi connectivity index (χ1v) is 4.94. The van der Waals surface area contributed by atoms with Crippen molar-refractivity contribution in [1.29, 1.82) is 0 Å². The molecule has 1 N–H and O–H groups in total. The van der Waals surface area contributed by atoms with Crippen molar-refractivity contribution in [1.82, 2.24) is 4.90 Å². The van der Waals surface area contributed by atoms with Crippen LogP contribution in [0.25, 0.3) is 0 Å². The summed E-state index contributed by atoms with van der Waals surface area (Å²) >= 11 is 0. The lowest BCUT2D eigenvalue weighted by Crippen LogP contribution is -2.38. The summed E-state index contributed by atoms with van der Waals surface area (Å²) in [5.41, 5.74) is 0.922. The van der Waals surface area contributed by atoms with E-state index in [1.165, 1.54) is 17.1 Å². The normalized spacial score (nSPS) is 19.1. The number of carboxylic acids is 1. The van der Waals surface area contributed by atoms with Crippen molar-refractivity contribution >= 4 is 11.9 Å². The summed E-state index contributed by atoms with van der Waals surface area (Å²) in [4.78, 5) is 23.7. The monoisotopic (exact) mass is 217 g/mol. The van der Waals surface area contributed by atoms with Gasteiger partial charge in [0.05, 0.1) is 0 Å². The van der Waals surface area contributed by atoms with Crippen LogP contribution in [0, 0.1) is 0 Å². The predicted molar refractivity (Wildman–Crippen MR) is 57.6 cm³/mol. The molecule has 0 aliphatic carbocycles. The lowest BCUT2D eigenvalue weighted by atomic mass is 10.2. The van der Waals surface area contributed by atoms with Crippen molar-refractivity contribution in [2.75, 3.05) is 0 Å². The van der Waals surface area contributed by atoms with E-state index in [2.05, 4.69) is 0 Å². The maximum absolute atomic E-state index is 11.5. The quantitative estimate of drug-likeness (QED) is 0.822. The minimum absolute atomic E-state index is 0.253. The van der Waals surface area contributed by atoms with Crippen LogP contribution in [0.2, 0.25) is 0 Å². The van der Waals surface area contributed by atoms with Gasteiger partial charge in [-0.15, -0.1) is 0 Å². The fraction of sp³-hybridized carbons (Fsp3) is 0.167. The van der Waals surface area contributed by atoms with Crippen molar-refractivity contribution < 1.29 is 14.7 Å². The third-order valence-corrected chi connectivity index (χ3v) is 2.49. The first kappa shape index (κ1) is 10.4. The number of hydrogen-bond donors (Lipinski definition) is 1. The first-order valence-electron chi connectivity index (χ1n) is 4.94. The summed E-state index contributed by atoms with van der Waals surface area (Å²) in [6.07, 6.45) is 2.72. The van der Waals surface area contributed by atoms with E-state index in [1.807, 2.05) is 30.3 Å². The molecule has 1 aromatic rings. The van der Waals surface area contributed by atoms with Gasteiger partial charge in [-0.1, -0.05) is 30.3 Å². The molecular weight excluding hydrogens is 206 g/mol. The van der Waals surface area contributed by atoms with Crippen LogP contribution in [-0.4, -0.2) is 27.9 Å². The van der Waals surface area contributed by atoms with Gasteiger partial charge in [0.1, 0.15) is 6.04 Å². The molecule has 0 unspecified atom stereocenters. The SMILES string of the molecule is O=C(O)[C@@H]1C=CC(=O)N1Cc1ccccc1. The summed E-state index contributed by atoms with van der Waals surface area (Å²) in [7, 11) is 0. The maximum Gasteiger partial charge on any atom is 0.330 e. The number of carboxylic acid groups (broad SMARTS) is 1. The number of aliphatic carboxylic acids is 1. The number of nitrogens with zero attached hydrogens (tertiary/aromatic N) is 1. The predicted octanol–water partition coefficient (Wildman–Crippen LogP) is 1.04. The van der Waals surface area contributed by atoms with Gasteiger partial charge in [0.2, 0.25) is 5.91 Å². The molecule has 2 rings (SSSR count). The van der Waals surface area contributed by atoms with Gasteiger partial charge >= 0.3 is 5.97 Å². The zero-order valence-corrected chi connectivity index (χ0v) is 8.54. The number of carbonyl (C=O) groups excluding carboxylic acids is 1. The minimum Gasteiger partial charge on any atom is -0.479 e. The zero-order chi connectivity index (χ0) is 11.5.